The van der Waals surface area contributed by atoms with Crippen LogP contribution in [0.15, 0.2) is 12.3 Å². The van der Waals surface area contributed by atoms with Gasteiger partial charge in [0, 0.05) is 6.20 Å². The number of hydrogen-bond donors (Lipinski definition) is 2. The smallest absolute Gasteiger partial charge is 0.125 e. The third kappa shape index (κ3) is 0.490. The molecule has 0 unspecified atom stereocenters. The molecule has 32 valence electrons. The van der Waals surface area contributed by atoms with Crippen LogP contribution in [0.5, 0.6) is 0 Å². The van der Waals surface area contributed by atoms with E-state index in [-0.39, 0.29) is 0 Å². The zero-order chi connectivity index (χ0) is 4.41. The Morgan fingerprint density at radius 1 is 1.83 bits per heavy atom. The van der Waals surface area contributed by atoms with Gasteiger partial charge in [0.1, 0.15) is 4.67 Å². The van der Waals surface area contributed by atoms with Crippen molar-refractivity contribution in [3.05, 3.63) is 16.9 Å². The molecule has 0 aromatic carbocycles. The monoisotopic (exact) mass is 100 g/mol. The quantitative estimate of drug-likeness (QED) is 0.478. The number of rotatable bonds is 0. The molecule has 0 aliphatic heterocycles. The van der Waals surface area contributed by atoms with Gasteiger partial charge in [-0.2, -0.15) is 0 Å². The van der Waals surface area contributed by atoms with Crippen molar-refractivity contribution in [1.29, 1.82) is 5.41 Å². The van der Waals surface area contributed by atoms with Gasteiger partial charge in [-0.25, -0.2) is 0 Å². The summed E-state index contributed by atoms with van der Waals surface area (Å²) in [6.07, 6.45) is 1.74. The fraction of sp³-hybridized carbons (Fsp3) is 0. The predicted molar refractivity (Wildman–Crippen MR) is 24.5 cm³/mol. The van der Waals surface area contributed by atoms with Gasteiger partial charge in [0.05, 0.1) is 0 Å². The number of aromatic amines is 1. The van der Waals surface area contributed by atoms with Crippen molar-refractivity contribution < 1.29 is 0 Å². The zero-order valence-corrected chi connectivity index (χ0v) is 3.88. The molecule has 1 rings (SSSR count). The van der Waals surface area contributed by atoms with Crippen molar-refractivity contribution in [3.63, 3.8) is 0 Å². The standard InChI is InChI=1S/C3H4N2S/c4-3-1-2-5-6-3/h1-2,4-5H. The first-order valence-electron chi connectivity index (χ1n) is 1.57. The lowest BCUT2D eigenvalue weighted by atomic mass is 10.8. The summed E-state index contributed by atoms with van der Waals surface area (Å²) in [6, 6.07) is 1.71. The highest BCUT2D eigenvalue weighted by molar-refractivity contribution is 7.02. The molecule has 0 fully saturated rings. The van der Waals surface area contributed by atoms with Crippen molar-refractivity contribution in [2.75, 3.05) is 0 Å². The molecule has 0 amide bonds. The van der Waals surface area contributed by atoms with Gasteiger partial charge in [0.2, 0.25) is 0 Å². The molecule has 0 bridgehead atoms. The minimum Gasteiger partial charge on any atom is -0.317 e. The fourth-order valence-electron chi connectivity index (χ4n) is 0.241. The zero-order valence-electron chi connectivity index (χ0n) is 3.06. The van der Waals surface area contributed by atoms with Crippen LogP contribution in [0.25, 0.3) is 0 Å². The Morgan fingerprint density at radius 3 is 2.83 bits per heavy atom. The Morgan fingerprint density at radius 2 is 2.67 bits per heavy atom. The molecule has 1 aromatic rings. The molecule has 6 heavy (non-hydrogen) atoms. The Hall–Kier alpha value is -0.570. The molecule has 0 atom stereocenters. The van der Waals surface area contributed by atoms with Crippen LogP contribution in [-0.2, 0) is 0 Å². The lowest BCUT2D eigenvalue weighted by Gasteiger charge is -1.50. The molecule has 0 saturated carbocycles. The third-order valence-electron chi connectivity index (χ3n) is 0.472. The molecule has 0 spiro atoms. The number of aromatic nitrogens is 1. The van der Waals surface area contributed by atoms with Crippen LogP contribution >= 0.6 is 11.5 Å². The molecule has 0 aliphatic rings. The first kappa shape index (κ1) is 3.61. The van der Waals surface area contributed by atoms with Gasteiger partial charge in [-0.05, 0) is 17.6 Å². The van der Waals surface area contributed by atoms with Crippen LogP contribution in [0.2, 0.25) is 0 Å². The van der Waals surface area contributed by atoms with E-state index in [1.165, 1.54) is 11.5 Å². The van der Waals surface area contributed by atoms with E-state index in [1.54, 1.807) is 12.3 Å². The van der Waals surface area contributed by atoms with E-state index in [2.05, 4.69) is 4.37 Å². The second-order valence-electron chi connectivity index (χ2n) is 0.917. The van der Waals surface area contributed by atoms with E-state index < -0.39 is 0 Å². The summed E-state index contributed by atoms with van der Waals surface area (Å²) >= 11 is 1.32. The second kappa shape index (κ2) is 1.26. The van der Waals surface area contributed by atoms with Gasteiger partial charge in [-0.1, -0.05) is 0 Å². The van der Waals surface area contributed by atoms with E-state index >= 15 is 0 Å². The highest BCUT2D eigenvalue weighted by atomic mass is 32.1. The van der Waals surface area contributed by atoms with Crippen molar-refractivity contribution in [1.82, 2.24) is 4.37 Å². The summed E-state index contributed by atoms with van der Waals surface area (Å²) in [7, 11) is 0. The maximum absolute atomic E-state index is 6.86. The summed E-state index contributed by atoms with van der Waals surface area (Å²) in [4.78, 5) is 0. The molecule has 2 N–H and O–H groups in total. The van der Waals surface area contributed by atoms with Crippen LogP contribution in [0.4, 0.5) is 0 Å². The maximum Gasteiger partial charge on any atom is 0.125 e. The van der Waals surface area contributed by atoms with Gasteiger partial charge < -0.3 is 4.37 Å². The Bertz CT molecular complexity index is 147. The molecule has 0 saturated heterocycles. The number of nitrogens with one attached hydrogen (secondary N) is 2. The van der Waals surface area contributed by atoms with Gasteiger partial charge in [-0.3, -0.25) is 5.41 Å². The molecule has 0 aliphatic carbocycles. The van der Waals surface area contributed by atoms with E-state index in [4.69, 9.17) is 5.41 Å². The van der Waals surface area contributed by atoms with Crippen LogP contribution in [0, 0.1) is 5.41 Å². The van der Waals surface area contributed by atoms with Crippen molar-refractivity contribution >= 4 is 11.5 Å². The summed E-state index contributed by atoms with van der Waals surface area (Å²) < 4.78 is 3.36. The minimum atomic E-state index is 0.579. The molecule has 2 nitrogen and oxygen atoms in total. The lowest BCUT2D eigenvalue weighted by Crippen LogP contribution is -1.79. The fourth-order valence-corrected chi connectivity index (χ4v) is 0.640. The number of H-pyrrole nitrogens is 1. The summed E-state index contributed by atoms with van der Waals surface area (Å²) in [5, 5.41) is 6.86. The largest absolute Gasteiger partial charge is 0.317 e. The van der Waals surface area contributed by atoms with Crippen LogP contribution < -0.4 is 4.67 Å². The van der Waals surface area contributed by atoms with E-state index in [9.17, 15) is 0 Å². The molecular weight excluding hydrogens is 96.1 g/mol. The second-order valence-corrected chi connectivity index (χ2v) is 1.80. The first-order chi connectivity index (χ1) is 2.89. The normalized spacial score (nSPS) is 8.67. The van der Waals surface area contributed by atoms with Crippen LogP contribution in [-0.4, -0.2) is 4.37 Å². The lowest BCUT2D eigenvalue weighted by molar-refractivity contribution is 1.36. The minimum absolute atomic E-state index is 0.579. The van der Waals surface area contributed by atoms with Crippen molar-refractivity contribution in [3.8, 4) is 0 Å². The van der Waals surface area contributed by atoms with Crippen molar-refractivity contribution in [2.24, 2.45) is 0 Å². The number of hydrogen-bond acceptors (Lipinski definition) is 2. The topological polar surface area (TPSA) is 39.6 Å². The first-order valence-corrected chi connectivity index (χ1v) is 2.39. The van der Waals surface area contributed by atoms with Crippen LogP contribution in [0.1, 0.15) is 0 Å². The highest BCUT2D eigenvalue weighted by Crippen LogP contribution is 1.72. The van der Waals surface area contributed by atoms with E-state index in [0.717, 1.165) is 0 Å². The van der Waals surface area contributed by atoms with Crippen LogP contribution in [0.3, 0.4) is 0 Å². The van der Waals surface area contributed by atoms with Crippen molar-refractivity contribution in [2.45, 2.75) is 0 Å². The maximum atomic E-state index is 6.86. The third-order valence-corrected chi connectivity index (χ3v) is 1.08. The van der Waals surface area contributed by atoms with Gasteiger partial charge in [0.25, 0.3) is 0 Å². The van der Waals surface area contributed by atoms with E-state index in [0.29, 0.717) is 4.67 Å². The Kier molecular flexibility index (Phi) is 0.759. The predicted octanol–water partition coefficient (Wildman–Crippen LogP) is 0.556. The highest BCUT2D eigenvalue weighted by Gasteiger charge is 1.68. The van der Waals surface area contributed by atoms with Gasteiger partial charge in [0.15, 0.2) is 0 Å². The molecular formula is C3H4N2S. The Balaban J connectivity index is 3.41. The molecule has 0 radical (unpaired) electrons. The van der Waals surface area contributed by atoms with Gasteiger partial charge in [-0.15, -0.1) is 0 Å². The average molecular weight is 100 g/mol. The molecule has 1 heterocycles. The summed E-state index contributed by atoms with van der Waals surface area (Å²) in [5.74, 6) is 0. The average Bonchev–Trinajstić information content (AvgIpc) is 1.86. The summed E-state index contributed by atoms with van der Waals surface area (Å²) in [6.45, 7) is 0. The van der Waals surface area contributed by atoms with E-state index in [1.807, 2.05) is 0 Å². The Labute approximate surface area is 39.1 Å². The molecule has 3 heteroatoms. The van der Waals surface area contributed by atoms with Gasteiger partial charge >= 0.3 is 0 Å². The SMILES string of the molecule is N=c1cc[nH]s1. The summed E-state index contributed by atoms with van der Waals surface area (Å²) in [5.41, 5.74) is 0. The molecule has 1 aromatic heterocycles.